The monoisotopic (exact) mass is 272 g/mol. The average Bonchev–Trinajstić information content (AvgIpc) is 2.33. The molecule has 0 saturated heterocycles. The van der Waals surface area contributed by atoms with Crippen LogP contribution in [0.5, 0.6) is 0 Å². The van der Waals surface area contributed by atoms with E-state index in [1.54, 1.807) is 18.2 Å². The highest BCUT2D eigenvalue weighted by atomic mass is 35.5. The zero-order valence-corrected chi connectivity index (χ0v) is 10.1. The van der Waals surface area contributed by atoms with E-state index in [2.05, 4.69) is 0 Å². The van der Waals surface area contributed by atoms with Crippen LogP contribution in [0.15, 0.2) is 48.5 Å². The molecular weight excluding hydrogens is 265 g/mol. The van der Waals surface area contributed by atoms with E-state index in [4.69, 9.17) is 23.2 Å². The summed E-state index contributed by atoms with van der Waals surface area (Å²) >= 11 is 11.6. The zero-order valence-electron chi connectivity index (χ0n) is 8.63. The maximum atomic E-state index is 14.2. The molecule has 0 aliphatic heterocycles. The van der Waals surface area contributed by atoms with Gasteiger partial charge in [-0.3, -0.25) is 0 Å². The van der Waals surface area contributed by atoms with Gasteiger partial charge < -0.3 is 0 Å². The maximum absolute atomic E-state index is 14.2. The summed E-state index contributed by atoms with van der Waals surface area (Å²) in [5, 5.41) is 0.0165. The van der Waals surface area contributed by atoms with Gasteiger partial charge >= 0.3 is 0 Å². The highest BCUT2D eigenvalue weighted by molar-refractivity contribution is 6.42. The van der Waals surface area contributed by atoms with Gasteiger partial charge in [0, 0.05) is 11.1 Å². The number of hydrogen-bond donors (Lipinski definition) is 0. The van der Waals surface area contributed by atoms with E-state index in [0.29, 0.717) is 0 Å². The van der Waals surface area contributed by atoms with Crippen molar-refractivity contribution in [2.75, 3.05) is 0 Å². The van der Waals surface area contributed by atoms with Crippen molar-refractivity contribution in [1.29, 1.82) is 0 Å². The Morgan fingerprint density at radius 3 is 2.12 bits per heavy atom. The third-order valence-corrected chi connectivity index (χ3v) is 3.25. The van der Waals surface area contributed by atoms with Crippen molar-refractivity contribution in [3.8, 4) is 0 Å². The van der Waals surface area contributed by atoms with Crippen molar-refractivity contribution in [2.24, 2.45) is 0 Å². The Bertz CT molecular complexity index is 524. The van der Waals surface area contributed by atoms with Crippen LogP contribution in [0.1, 0.15) is 11.1 Å². The Morgan fingerprint density at radius 1 is 0.824 bits per heavy atom. The lowest BCUT2D eigenvalue weighted by Crippen LogP contribution is -2.15. The normalized spacial score (nSPS) is 11.5. The summed E-state index contributed by atoms with van der Waals surface area (Å²) in [5.41, 5.74) is -0.387. The van der Waals surface area contributed by atoms with Gasteiger partial charge in [-0.15, -0.1) is 0 Å². The van der Waals surface area contributed by atoms with E-state index < -0.39 is 5.92 Å². The largest absolute Gasteiger partial charge is 0.299 e. The number of hydrogen-bond acceptors (Lipinski definition) is 0. The van der Waals surface area contributed by atoms with Crippen molar-refractivity contribution in [2.45, 2.75) is 5.92 Å². The minimum Gasteiger partial charge on any atom is -0.196 e. The van der Waals surface area contributed by atoms with Crippen LogP contribution in [0.3, 0.4) is 0 Å². The summed E-state index contributed by atoms with van der Waals surface area (Å²) < 4.78 is 28.4. The number of alkyl halides is 2. The van der Waals surface area contributed by atoms with Gasteiger partial charge in [0.15, 0.2) is 0 Å². The fourth-order valence-corrected chi connectivity index (χ4v) is 1.97. The first kappa shape index (κ1) is 12.3. The molecule has 0 spiro atoms. The standard InChI is InChI=1S/C13H8Cl2F2/c14-11-8-4-7-10(12(11)15)13(16,17)9-5-2-1-3-6-9/h1-8H. The van der Waals surface area contributed by atoms with Crippen molar-refractivity contribution >= 4 is 23.2 Å². The smallest absolute Gasteiger partial charge is 0.196 e. The van der Waals surface area contributed by atoms with Crippen LogP contribution in [-0.4, -0.2) is 0 Å². The Labute approximate surface area is 108 Å². The number of halogens is 4. The minimum atomic E-state index is -3.15. The molecule has 0 amide bonds. The molecule has 0 N–H and O–H groups in total. The van der Waals surface area contributed by atoms with E-state index in [0.717, 1.165) is 0 Å². The van der Waals surface area contributed by atoms with Gasteiger partial charge in [-0.05, 0) is 6.07 Å². The van der Waals surface area contributed by atoms with Crippen molar-refractivity contribution in [1.82, 2.24) is 0 Å². The molecule has 2 aromatic carbocycles. The summed E-state index contributed by atoms with van der Waals surface area (Å²) in [6, 6.07) is 11.7. The molecule has 0 bridgehead atoms. The second-order valence-electron chi connectivity index (χ2n) is 3.54. The van der Waals surface area contributed by atoms with E-state index in [-0.39, 0.29) is 21.2 Å². The van der Waals surface area contributed by atoms with Gasteiger partial charge in [-0.2, -0.15) is 8.78 Å². The summed E-state index contributed by atoms with van der Waals surface area (Å²) in [6.45, 7) is 0. The fraction of sp³-hybridized carbons (Fsp3) is 0.0769. The Kier molecular flexibility index (Phi) is 3.36. The number of benzene rings is 2. The Hall–Kier alpha value is -1.12. The molecule has 4 heteroatoms. The first-order valence-corrected chi connectivity index (χ1v) is 5.67. The summed E-state index contributed by atoms with van der Waals surface area (Å²) in [6.07, 6.45) is 0. The molecule has 2 aromatic rings. The van der Waals surface area contributed by atoms with Crippen LogP contribution in [0.4, 0.5) is 8.78 Å². The summed E-state index contributed by atoms with van der Waals surface area (Å²) in [4.78, 5) is 0. The second kappa shape index (κ2) is 4.63. The molecule has 0 nitrogen and oxygen atoms in total. The lowest BCUT2D eigenvalue weighted by molar-refractivity contribution is 0.0430. The van der Waals surface area contributed by atoms with Crippen molar-refractivity contribution in [3.63, 3.8) is 0 Å². The van der Waals surface area contributed by atoms with Gasteiger partial charge in [0.2, 0.25) is 0 Å². The zero-order chi connectivity index (χ0) is 12.5. The van der Waals surface area contributed by atoms with Gasteiger partial charge in [-0.25, -0.2) is 0 Å². The first-order chi connectivity index (χ1) is 8.03. The van der Waals surface area contributed by atoms with Crippen molar-refractivity contribution < 1.29 is 8.78 Å². The summed E-state index contributed by atoms with van der Waals surface area (Å²) in [7, 11) is 0. The predicted octanol–water partition coefficient (Wildman–Crippen LogP) is 5.13. The molecule has 0 aliphatic carbocycles. The molecule has 0 aromatic heterocycles. The Balaban J connectivity index is 2.56. The van der Waals surface area contributed by atoms with Crippen LogP contribution in [0.25, 0.3) is 0 Å². The minimum absolute atomic E-state index is 0.107. The third kappa shape index (κ3) is 2.28. The lowest BCUT2D eigenvalue weighted by Gasteiger charge is -2.18. The quantitative estimate of drug-likeness (QED) is 0.711. The first-order valence-electron chi connectivity index (χ1n) is 4.91. The van der Waals surface area contributed by atoms with Gasteiger partial charge in [0.1, 0.15) is 0 Å². The second-order valence-corrected chi connectivity index (χ2v) is 4.33. The highest BCUT2D eigenvalue weighted by Crippen LogP contribution is 2.41. The third-order valence-electron chi connectivity index (χ3n) is 2.43. The molecule has 0 atom stereocenters. The van der Waals surface area contributed by atoms with E-state index in [1.807, 2.05) is 0 Å². The lowest BCUT2D eigenvalue weighted by atomic mass is 10.0. The van der Waals surface area contributed by atoms with Gasteiger partial charge in [0.05, 0.1) is 10.0 Å². The van der Waals surface area contributed by atoms with Crippen LogP contribution >= 0.6 is 23.2 Å². The molecule has 0 fully saturated rings. The molecule has 0 radical (unpaired) electrons. The van der Waals surface area contributed by atoms with Crippen molar-refractivity contribution in [3.05, 3.63) is 69.7 Å². The molecule has 0 aliphatic rings. The molecule has 0 unspecified atom stereocenters. The van der Waals surface area contributed by atoms with Crippen LogP contribution in [0, 0.1) is 0 Å². The maximum Gasteiger partial charge on any atom is 0.299 e. The van der Waals surface area contributed by atoms with E-state index in [1.165, 1.54) is 30.3 Å². The van der Waals surface area contributed by atoms with Crippen LogP contribution < -0.4 is 0 Å². The number of rotatable bonds is 2. The molecule has 17 heavy (non-hydrogen) atoms. The predicted molar refractivity (Wildman–Crippen MR) is 65.9 cm³/mol. The van der Waals surface area contributed by atoms with E-state index in [9.17, 15) is 8.78 Å². The molecular formula is C13H8Cl2F2. The van der Waals surface area contributed by atoms with E-state index >= 15 is 0 Å². The topological polar surface area (TPSA) is 0 Å². The van der Waals surface area contributed by atoms with Crippen LogP contribution in [0.2, 0.25) is 10.0 Å². The van der Waals surface area contributed by atoms with Gasteiger partial charge in [-0.1, -0.05) is 65.7 Å². The Morgan fingerprint density at radius 2 is 1.47 bits per heavy atom. The fourth-order valence-electron chi connectivity index (χ4n) is 1.55. The average molecular weight is 273 g/mol. The molecule has 2 rings (SSSR count). The summed E-state index contributed by atoms with van der Waals surface area (Å²) in [5.74, 6) is -3.15. The molecule has 0 saturated carbocycles. The van der Waals surface area contributed by atoms with Crippen LogP contribution in [-0.2, 0) is 5.92 Å². The molecule has 0 heterocycles. The molecule has 88 valence electrons. The van der Waals surface area contributed by atoms with Gasteiger partial charge in [0.25, 0.3) is 5.92 Å². The SMILES string of the molecule is FC(F)(c1ccccc1)c1cccc(Cl)c1Cl. The highest BCUT2D eigenvalue weighted by Gasteiger charge is 2.36.